The van der Waals surface area contributed by atoms with E-state index in [9.17, 15) is 13.2 Å². The van der Waals surface area contributed by atoms with Crippen LogP contribution in [0.25, 0.3) is 0 Å². The molecule has 0 aliphatic heterocycles. The lowest BCUT2D eigenvalue weighted by molar-refractivity contribution is -0.121. The van der Waals surface area contributed by atoms with Crippen molar-refractivity contribution in [2.75, 3.05) is 12.4 Å². The fraction of sp³-hybridized carbons (Fsp3) is 0.417. The average Bonchev–Trinajstić information content (AvgIpc) is 2.37. The first-order chi connectivity index (χ1) is 8.45. The summed E-state index contributed by atoms with van der Waals surface area (Å²) < 4.78 is 23.7. The molecule has 0 saturated carbocycles. The van der Waals surface area contributed by atoms with E-state index in [1.165, 1.54) is 12.1 Å². The second-order valence-corrected chi connectivity index (χ2v) is 6.14. The summed E-state index contributed by atoms with van der Waals surface area (Å²) >= 11 is 0. The van der Waals surface area contributed by atoms with Gasteiger partial charge in [0, 0.05) is 12.5 Å². The summed E-state index contributed by atoms with van der Waals surface area (Å²) in [6.45, 7) is 1.47. The van der Waals surface area contributed by atoms with Crippen LogP contribution < -0.4 is 5.32 Å². The molecule has 1 atom stereocenters. The van der Waals surface area contributed by atoms with Gasteiger partial charge in [-0.15, -0.1) is 0 Å². The Hall–Kier alpha value is -1.40. The predicted octanol–water partition coefficient (Wildman–Crippen LogP) is 0.347. The highest BCUT2D eigenvalue weighted by atomic mass is 32.2. The van der Waals surface area contributed by atoms with Crippen LogP contribution >= 0.6 is 0 Å². The lowest BCUT2D eigenvalue weighted by atomic mass is 10.3. The molecule has 0 radical (unpaired) electrons. The second kappa shape index (κ2) is 6.51. The number of nitrogens with one attached hydrogen (secondary N) is 1. The van der Waals surface area contributed by atoms with Crippen LogP contribution in [0.5, 0.6) is 0 Å². The molecule has 1 aromatic carbocycles. The second-order valence-electron chi connectivity index (χ2n) is 4.03. The Kier molecular flexibility index (Phi) is 5.30. The topological polar surface area (TPSA) is 83.5 Å². The minimum absolute atomic E-state index is 0.110. The van der Waals surface area contributed by atoms with Gasteiger partial charge >= 0.3 is 0 Å². The van der Waals surface area contributed by atoms with Gasteiger partial charge < -0.3 is 10.4 Å². The fourth-order valence-corrected chi connectivity index (χ4v) is 2.63. The van der Waals surface area contributed by atoms with Crippen LogP contribution in [0.4, 0.5) is 0 Å². The van der Waals surface area contributed by atoms with Crippen molar-refractivity contribution in [2.45, 2.75) is 24.3 Å². The molecule has 0 fully saturated rings. The summed E-state index contributed by atoms with van der Waals surface area (Å²) in [4.78, 5) is 11.6. The third-order valence-corrected chi connectivity index (χ3v) is 4.11. The molecule has 1 unspecified atom stereocenters. The van der Waals surface area contributed by atoms with Gasteiger partial charge in [-0.25, -0.2) is 8.42 Å². The standard InChI is InChI=1S/C12H17NO4S/c1-10(9-14)13-12(15)7-8-18(16,17)11-5-3-2-4-6-11/h2-6,10,14H,7-9H2,1H3,(H,13,15). The molecule has 0 heterocycles. The Morgan fingerprint density at radius 1 is 1.33 bits per heavy atom. The molecular weight excluding hydrogens is 254 g/mol. The van der Waals surface area contributed by atoms with Gasteiger partial charge in [0.1, 0.15) is 0 Å². The first kappa shape index (κ1) is 14.7. The number of carbonyl (C=O) groups is 1. The van der Waals surface area contributed by atoms with E-state index < -0.39 is 9.84 Å². The summed E-state index contributed by atoms with van der Waals surface area (Å²) in [6.07, 6.45) is -0.110. The van der Waals surface area contributed by atoms with Crippen molar-refractivity contribution < 1.29 is 18.3 Å². The normalized spacial score (nSPS) is 13.0. The van der Waals surface area contributed by atoms with E-state index in [1.807, 2.05) is 0 Å². The molecule has 0 aromatic heterocycles. The highest BCUT2D eigenvalue weighted by molar-refractivity contribution is 7.91. The van der Waals surface area contributed by atoms with Gasteiger partial charge in [0.2, 0.25) is 5.91 Å². The van der Waals surface area contributed by atoms with Gasteiger partial charge in [0.25, 0.3) is 0 Å². The van der Waals surface area contributed by atoms with E-state index in [2.05, 4.69) is 5.32 Å². The van der Waals surface area contributed by atoms with E-state index in [0.29, 0.717) is 0 Å². The highest BCUT2D eigenvalue weighted by Gasteiger charge is 2.16. The number of rotatable bonds is 6. The molecule has 1 rings (SSSR count). The maximum Gasteiger partial charge on any atom is 0.221 e. The van der Waals surface area contributed by atoms with E-state index in [0.717, 1.165) is 0 Å². The van der Waals surface area contributed by atoms with Gasteiger partial charge in [-0.1, -0.05) is 18.2 Å². The maximum atomic E-state index is 11.9. The highest BCUT2D eigenvalue weighted by Crippen LogP contribution is 2.10. The SMILES string of the molecule is CC(CO)NC(=O)CCS(=O)(=O)c1ccccc1. The molecule has 0 aliphatic carbocycles. The van der Waals surface area contributed by atoms with Gasteiger partial charge in [-0.2, -0.15) is 0 Å². The largest absolute Gasteiger partial charge is 0.394 e. The van der Waals surface area contributed by atoms with Crippen molar-refractivity contribution in [3.05, 3.63) is 30.3 Å². The van der Waals surface area contributed by atoms with Gasteiger partial charge in [0.15, 0.2) is 9.84 Å². The number of hydrogen-bond acceptors (Lipinski definition) is 4. The Morgan fingerprint density at radius 2 is 1.94 bits per heavy atom. The monoisotopic (exact) mass is 271 g/mol. The number of sulfone groups is 1. The maximum absolute atomic E-state index is 11.9. The van der Waals surface area contributed by atoms with Gasteiger partial charge in [-0.05, 0) is 19.1 Å². The van der Waals surface area contributed by atoms with Crippen molar-refractivity contribution in [3.63, 3.8) is 0 Å². The molecule has 0 aliphatic rings. The van der Waals surface area contributed by atoms with Crippen LogP contribution in [0.15, 0.2) is 35.2 Å². The molecular formula is C12H17NO4S. The van der Waals surface area contributed by atoms with Gasteiger partial charge in [0.05, 0.1) is 17.3 Å². The van der Waals surface area contributed by atoms with Crippen molar-refractivity contribution in [1.29, 1.82) is 0 Å². The van der Waals surface area contributed by atoms with E-state index >= 15 is 0 Å². The minimum atomic E-state index is -3.42. The van der Waals surface area contributed by atoms with E-state index in [-0.39, 0.29) is 35.6 Å². The molecule has 100 valence electrons. The zero-order valence-corrected chi connectivity index (χ0v) is 11.0. The summed E-state index contributed by atoms with van der Waals surface area (Å²) in [6, 6.07) is 7.65. The average molecular weight is 271 g/mol. The van der Waals surface area contributed by atoms with Crippen molar-refractivity contribution in [1.82, 2.24) is 5.32 Å². The third kappa shape index (κ3) is 4.46. The molecule has 1 amide bonds. The van der Waals surface area contributed by atoms with Crippen LogP contribution in [0.3, 0.4) is 0 Å². The molecule has 5 nitrogen and oxygen atoms in total. The number of aliphatic hydroxyl groups excluding tert-OH is 1. The number of benzene rings is 1. The smallest absolute Gasteiger partial charge is 0.221 e. The summed E-state index contributed by atoms with van der Waals surface area (Å²) in [7, 11) is -3.42. The molecule has 0 spiro atoms. The number of hydrogen-bond donors (Lipinski definition) is 2. The fourth-order valence-electron chi connectivity index (χ4n) is 1.37. The van der Waals surface area contributed by atoms with Crippen LogP contribution in [0.2, 0.25) is 0 Å². The number of carbonyl (C=O) groups excluding carboxylic acids is 1. The van der Waals surface area contributed by atoms with Crippen LogP contribution in [-0.4, -0.2) is 37.8 Å². The molecule has 6 heteroatoms. The Bertz CT molecular complexity index is 484. The molecule has 1 aromatic rings. The zero-order chi connectivity index (χ0) is 13.6. The summed E-state index contributed by atoms with van der Waals surface area (Å²) in [5.74, 6) is -0.614. The van der Waals surface area contributed by atoms with Crippen LogP contribution in [-0.2, 0) is 14.6 Å². The van der Waals surface area contributed by atoms with Crippen LogP contribution in [0, 0.1) is 0 Å². The zero-order valence-electron chi connectivity index (χ0n) is 10.2. The predicted molar refractivity (Wildman–Crippen MR) is 67.8 cm³/mol. The third-order valence-electron chi connectivity index (χ3n) is 2.38. The van der Waals surface area contributed by atoms with Crippen molar-refractivity contribution >= 4 is 15.7 Å². The Balaban J connectivity index is 2.56. The molecule has 0 saturated heterocycles. The van der Waals surface area contributed by atoms with Crippen molar-refractivity contribution in [3.8, 4) is 0 Å². The minimum Gasteiger partial charge on any atom is -0.394 e. The molecule has 0 bridgehead atoms. The van der Waals surface area contributed by atoms with Gasteiger partial charge in [-0.3, -0.25) is 4.79 Å². The number of aliphatic hydroxyl groups is 1. The number of amides is 1. The lowest BCUT2D eigenvalue weighted by Crippen LogP contribution is -2.35. The van der Waals surface area contributed by atoms with Crippen molar-refractivity contribution in [2.24, 2.45) is 0 Å². The summed E-state index contributed by atoms with van der Waals surface area (Å²) in [5.41, 5.74) is 0. The molecule has 2 N–H and O–H groups in total. The first-order valence-corrected chi connectivity index (χ1v) is 7.29. The first-order valence-electron chi connectivity index (χ1n) is 5.63. The van der Waals surface area contributed by atoms with E-state index in [4.69, 9.17) is 5.11 Å². The lowest BCUT2D eigenvalue weighted by Gasteiger charge is -2.10. The van der Waals surface area contributed by atoms with E-state index in [1.54, 1.807) is 25.1 Å². The quantitative estimate of drug-likeness (QED) is 0.782. The Labute approximate surface area is 107 Å². The molecule has 18 heavy (non-hydrogen) atoms. The van der Waals surface area contributed by atoms with Crippen LogP contribution in [0.1, 0.15) is 13.3 Å². The summed E-state index contributed by atoms with van der Waals surface area (Å²) in [5, 5.41) is 11.3. The Morgan fingerprint density at radius 3 is 2.50 bits per heavy atom.